The van der Waals surface area contributed by atoms with E-state index in [0.29, 0.717) is 5.56 Å². The number of benzene rings is 1. The highest BCUT2D eigenvalue weighted by atomic mass is 35.6. The van der Waals surface area contributed by atoms with Crippen molar-refractivity contribution in [2.45, 2.75) is 3.79 Å². The highest BCUT2D eigenvalue weighted by molar-refractivity contribution is 6.66. The Kier molecular flexibility index (Phi) is 3.38. The third kappa shape index (κ3) is 2.62. The Morgan fingerprint density at radius 1 is 1.21 bits per heavy atom. The SMILES string of the molecule is N#CC(=O)c1ccc(C(Cl)(Cl)Cl)cc1. The number of hydrogen-bond donors (Lipinski definition) is 0. The maximum absolute atomic E-state index is 10.9. The summed E-state index contributed by atoms with van der Waals surface area (Å²) in [5, 5.41) is 8.34. The number of ketones is 1. The summed E-state index contributed by atoms with van der Waals surface area (Å²) in [5.74, 6) is -0.610. The molecule has 72 valence electrons. The lowest BCUT2D eigenvalue weighted by atomic mass is 10.1. The van der Waals surface area contributed by atoms with E-state index < -0.39 is 9.58 Å². The first-order valence-electron chi connectivity index (χ1n) is 3.57. The average Bonchev–Trinajstić information content (AvgIpc) is 2.15. The summed E-state index contributed by atoms with van der Waals surface area (Å²) in [6.07, 6.45) is 0. The smallest absolute Gasteiger partial charge is 0.262 e. The van der Waals surface area contributed by atoms with Crippen LogP contribution in [0.1, 0.15) is 15.9 Å². The number of carbonyl (C=O) groups excluding carboxylic acids is 1. The fraction of sp³-hybridized carbons (Fsp3) is 0.111. The zero-order chi connectivity index (χ0) is 10.8. The van der Waals surface area contributed by atoms with Crippen LogP contribution in [0, 0.1) is 11.3 Å². The van der Waals surface area contributed by atoms with Crippen molar-refractivity contribution in [3.05, 3.63) is 35.4 Å². The van der Waals surface area contributed by atoms with Gasteiger partial charge in [-0.3, -0.25) is 4.79 Å². The molecule has 0 saturated heterocycles. The van der Waals surface area contributed by atoms with E-state index in [2.05, 4.69) is 0 Å². The Morgan fingerprint density at radius 2 is 1.71 bits per heavy atom. The molecule has 0 atom stereocenters. The minimum Gasteiger partial charge on any atom is -0.277 e. The van der Waals surface area contributed by atoms with Gasteiger partial charge in [0.25, 0.3) is 5.78 Å². The Morgan fingerprint density at radius 3 is 2.07 bits per heavy atom. The second kappa shape index (κ2) is 4.18. The van der Waals surface area contributed by atoms with Crippen LogP contribution in [0.15, 0.2) is 24.3 Å². The summed E-state index contributed by atoms with van der Waals surface area (Å²) in [4.78, 5) is 10.9. The summed E-state index contributed by atoms with van der Waals surface area (Å²) in [6, 6.07) is 7.39. The summed E-state index contributed by atoms with van der Waals surface area (Å²) in [5.41, 5.74) is 0.738. The van der Waals surface area contributed by atoms with Gasteiger partial charge in [-0.1, -0.05) is 46.9 Å². The lowest BCUT2D eigenvalue weighted by Gasteiger charge is -2.10. The van der Waals surface area contributed by atoms with Gasteiger partial charge in [-0.2, -0.15) is 5.26 Å². The Hall–Kier alpha value is -0.750. The molecule has 14 heavy (non-hydrogen) atoms. The van der Waals surface area contributed by atoms with Crippen molar-refractivity contribution in [1.29, 1.82) is 5.26 Å². The molecule has 1 aromatic rings. The largest absolute Gasteiger partial charge is 0.277 e. The fourth-order valence-corrected chi connectivity index (χ4v) is 1.25. The molecule has 1 rings (SSSR count). The van der Waals surface area contributed by atoms with Crippen molar-refractivity contribution in [3.8, 4) is 6.07 Å². The van der Waals surface area contributed by atoms with Crippen molar-refractivity contribution in [1.82, 2.24) is 0 Å². The standard InChI is InChI=1S/C9H4Cl3NO/c10-9(11,12)7-3-1-6(2-4-7)8(14)5-13/h1-4H. The first-order chi connectivity index (χ1) is 6.45. The minimum atomic E-state index is -1.51. The fourth-order valence-electron chi connectivity index (χ4n) is 0.875. The second-order valence-corrected chi connectivity index (χ2v) is 4.80. The van der Waals surface area contributed by atoms with E-state index in [1.807, 2.05) is 0 Å². The molecular formula is C9H4Cl3NO. The van der Waals surface area contributed by atoms with E-state index in [0.717, 1.165) is 0 Å². The number of rotatable bonds is 1. The maximum atomic E-state index is 10.9. The Bertz CT molecular complexity index is 386. The molecule has 2 nitrogen and oxygen atoms in total. The number of nitriles is 1. The van der Waals surface area contributed by atoms with E-state index in [1.54, 1.807) is 0 Å². The van der Waals surface area contributed by atoms with Gasteiger partial charge < -0.3 is 0 Å². The quantitative estimate of drug-likeness (QED) is 0.435. The van der Waals surface area contributed by atoms with Gasteiger partial charge in [-0.25, -0.2) is 0 Å². The molecule has 0 spiro atoms. The lowest BCUT2D eigenvalue weighted by molar-refractivity contribution is 0.105. The Labute approximate surface area is 96.0 Å². The number of halogens is 3. The molecule has 1 aromatic carbocycles. The van der Waals surface area contributed by atoms with Crippen LogP contribution in [0.25, 0.3) is 0 Å². The molecule has 0 aliphatic rings. The molecule has 0 radical (unpaired) electrons. The number of hydrogen-bond acceptors (Lipinski definition) is 2. The van der Waals surface area contributed by atoms with Crippen molar-refractivity contribution in [2.75, 3.05) is 0 Å². The van der Waals surface area contributed by atoms with Crippen LogP contribution < -0.4 is 0 Å². The van der Waals surface area contributed by atoms with E-state index in [1.165, 1.54) is 30.3 Å². The molecule has 0 heterocycles. The van der Waals surface area contributed by atoms with E-state index >= 15 is 0 Å². The third-order valence-corrected chi connectivity index (χ3v) is 2.23. The zero-order valence-corrected chi connectivity index (χ0v) is 9.07. The highest BCUT2D eigenvalue weighted by Crippen LogP contribution is 2.37. The summed E-state index contributed by atoms with van der Waals surface area (Å²) in [7, 11) is 0. The van der Waals surface area contributed by atoms with Gasteiger partial charge in [0.2, 0.25) is 3.79 Å². The van der Waals surface area contributed by atoms with Crippen LogP contribution in [0.5, 0.6) is 0 Å². The van der Waals surface area contributed by atoms with Gasteiger partial charge in [-0.05, 0) is 12.1 Å². The molecule has 0 fully saturated rings. The number of Topliss-reactive ketones (excluding diaryl/α,β-unsaturated/α-hetero) is 1. The maximum Gasteiger partial charge on any atom is 0.262 e. The number of carbonyl (C=O) groups is 1. The van der Waals surface area contributed by atoms with Crippen LogP contribution in [-0.2, 0) is 3.79 Å². The van der Waals surface area contributed by atoms with Crippen LogP contribution in [-0.4, -0.2) is 5.78 Å². The molecule has 0 aromatic heterocycles. The van der Waals surface area contributed by atoms with Crippen molar-refractivity contribution in [3.63, 3.8) is 0 Å². The molecule has 0 aliphatic carbocycles. The molecule has 5 heteroatoms. The second-order valence-electron chi connectivity index (χ2n) is 2.52. The van der Waals surface area contributed by atoms with Crippen LogP contribution in [0.3, 0.4) is 0 Å². The van der Waals surface area contributed by atoms with Crippen molar-refractivity contribution >= 4 is 40.6 Å². The van der Waals surface area contributed by atoms with Crippen molar-refractivity contribution in [2.24, 2.45) is 0 Å². The van der Waals surface area contributed by atoms with Gasteiger partial charge in [0.1, 0.15) is 6.07 Å². The van der Waals surface area contributed by atoms with Crippen LogP contribution >= 0.6 is 34.8 Å². The molecule has 0 N–H and O–H groups in total. The van der Waals surface area contributed by atoms with E-state index in [-0.39, 0.29) is 5.56 Å². The first kappa shape index (κ1) is 11.3. The monoisotopic (exact) mass is 247 g/mol. The van der Waals surface area contributed by atoms with Gasteiger partial charge in [0.05, 0.1) is 0 Å². The topological polar surface area (TPSA) is 40.9 Å². The van der Waals surface area contributed by atoms with E-state index in [9.17, 15) is 4.79 Å². The summed E-state index contributed by atoms with van der Waals surface area (Å²) >= 11 is 16.8. The predicted octanol–water partition coefficient (Wildman–Crippen LogP) is 3.22. The molecule has 0 unspecified atom stereocenters. The van der Waals surface area contributed by atoms with Gasteiger partial charge >= 0.3 is 0 Å². The lowest BCUT2D eigenvalue weighted by Crippen LogP contribution is -2.01. The van der Waals surface area contributed by atoms with E-state index in [4.69, 9.17) is 40.1 Å². The molecular weight excluding hydrogens is 244 g/mol. The van der Waals surface area contributed by atoms with Crippen LogP contribution in [0.2, 0.25) is 0 Å². The van der Waals surface area contributed by atoms with Gasteiger partial charge in [0, 0.05) is 11.1 Å². The number of alkyl halides is 3. The first-order valence-corrected chi connectivity index (χ1v) is 4.70. The van der Waals surface area contributed by atoms with Crippen molar-refractivity contribution < 1.29 is 4.79 Å². The molecule has 0 aliphatic heterocycles. The predicted molar refractivity (Wildman–Crippen MR) is 55.6 cm³/mol. The summed E-state index contributed by atoms with van der Waals surface area (Å²) in [6.45, 7) is 0. The molecule has 0 saturated carbocycles. The van der Waals surface area contributed by atoms with Gasteiger partial charge in [-0.15, -0.1) is 0 Å². The number of nitrogens with zero attached hydrogens (tertiary/aromatic N) is 1. The molecule has 0 bridgehead atoms. The van der Waals surface area contributed by atoms with Crippen LogP contribution in [0.4, 0.5) is 0 Å². The van der Waals surface area contributed by atoms with Gasteiger partial charge in [0.15, 0.2) is 0 Å². The molecule has 0 amide bonds. The summed E-state index contributed by atoms with van der Waals surface area (Å²) < 4.78 is -1.51. The zero-order valence-electron chi connectivity index (χ0n) is 6.80. The normalized spacial score (nSPS) is 10.7. The highest BCUT2D eigenvalue weighted by Gasteiger charge is 2.22. The minimum absolute atomic E-state index is 0.283. The Balaban J connectivity index is 3.02. The average molecular weight is 248 g/mol. The third-order valence-electron chi connectivity index (χ3n) is 1.58.